The van der Waals surface area contributed by atoms with Crippen LogP contribution >= 0.6 is 0 Å². The van der Waals surface area contributed by atoms with Crippen LogP contribution in [0.4, 0.5) is 5.69 Å². The summed E-state index contributed by atoms with van der Waals surface area (Å²) in [6.45, 7) is 4.50. The first-order chi connectivity index (χ1) is 15.5. The molecule has 5 rings (SSSR count). The molecule has 3 saturated heterocycles. The number of benzene rings is 1. The maximum Gasteiger partial charge on any atom is 0.262 e. The van der Waals surface area contributed by atoms with Crippen molar-refractivity contribution >= 4 is 29.3 Å². The van der Waals surface area contributed by atoms with E-state index >= 15 is 0 Å². The lowest BCUT2D eigenvalue weighted by molar-refractivity contribution is -0.136. The van der Waals surface area contributed by atoms with Crippen LogP contribution in [0, 0.1) is 5.92 Å². The van der Waals surface area contributed by atoms with E-state index in [4.69, 9.17) is 4.74 Å². The quantitative estimate of drug-likeness (QED) is 0.649. The molecular formula is C23H28N4O5. The van der Waals surface area contributed by atoms with Crippen LogP contribution in [0.1, 0.15) is 52.8 Å². The highest BCUT2D eigenvalue weighted by molar-refractivity contribution is 6.23. The highest BCUT2D eigenvalue weighted by atomic mass is 16.5. The molecular weight excluding hydrogens is 412 g/mol. The van der Waals surface area contributed by atoms with E-state index in [1.165, 1.54) is 0 Å². The average Bonchev–Trinajstić information content (AvgIpc) is 3.40. The van der Waals surface area contributed by atoms with Gasteiger partial charge in [0.1, 0.15) is 6.04 Å². The van der Waals surface area contributed by atoms with E-state index in [1.807, 2.05) is 6.07 Å². The third-order valence-electron chi connectivity index (χ3n) is 6.99. The van der Waals surface area contributed by atoms with Gasteiger partial charge in [-0.05, 0) is 56.3 Å². The molecule has 32 heavy (non-hydrogen) atoms. The Bertz CT molecular complexity index is 950. The smallest absolute Gasteiger partial charge is 0.262 e. The summed E-state index contributed by atoms with van der Waals surface area (Å²) in [4.78, 5) is 52.8. The second kappa shape index (κ2) is 8.63. The van der Waals surface area contributed by atoms with Crippen molar-refractivity contribution < 1.29 is 23.9 Å². The number of fused-ring (bicyclic) bond motifs is 1. The fourth-order valence-electron chi connectivity index (χ4n) is 5.06. The largest absolute Gasteiger partial charge is 0.377 e. The number of carbonyl (C=O) groups excluding carboxylic acids is 4. The van der Waals surface area contributed by atoms with Gasteiger partial charge in [0.2, 0.25) is 11.8 Å². The van der Waals surface area contributed by atoms with Gasteiger partial charge in [-0.1, -0.05) is 0 Å². The fourth-order valence-corrected chi connectivity index (χ4v) is 5.06. The van der Waals surface area contributed by atoms with Crippen LogP contribution in [0.5, 0.6) is 0 Å². The van der Waals surface area contributed by atoms with Crippen LogP contribution < -0.4 is 15.5 Å². The maximum absolute atomic E-state index is 13.0. The van der Waals surface area contributed by atoms with Gasteiger partial charge in [-0.15, -0.1) is 0 Å². The zero-order valence-corrected chi connectivity index (χ0v) is 18.0. The summed E-state index contributed by atoms with van der Waals surface area (Å²) in [6.07, 6.45) is 3.73. The fraction of sp³-hybridized carbons (Fsp3) is 0.565. The van der Waals surface area contributed by atoms with Crippen molar-refractivity contribution in [3.8, 4) is 0 Å². The Kier molecular flexibility index (Phi) is 5.69. The monoisotopic (exact) mass is 440 g/mol. The molecule has 0 aliphatic carbocycles. The third kappa shape index (κ3) is 3.91. The highest BCUT2D eigenvalue weighted by Crippen LogP contribution is 2.32. The molecule has 0 bridgehead atoms. The molecule has 0 spiro atoms. The normalized spacial score (nSPS) is 26.6. The number of amides is 4. The summed E-state index contributed by atoms with van der Waals surface area (Å²) in [5, 5.41) is 5.54. The Morgan fingerprint density at radius 3 is 2.47 bits per heavy atom. The van der Waals surface area contributed by atoms with E-state index in [0.717, 1.165) is 62.6 Å². The van der Waals surface area contributed by atoms with Crippen LogP contribution in [0.3, 0.4) is 0 Å². The third-order valence-corrected chi connectivity index (χ3v) is 6.99. The van der Waals surface area contributed by atoms with Crippen molar-refractivity contribution in [2.24, 2.45) is 5.92 Å². The molecule has 2 atom stereocenters. The predicted octanol–water partition coefficient (Wildman–Crippen LogP) is 0.683. The molecule has 2 unspecified atom stereocenters. The minimum atomic E-state index is -0.936. The lowest BCUT2D eigenvalue weighted by Gasteiger charge is -2.34. The first-order valence-corrected chi connectivity index (χ1v) is 11.4. The van der Waals surface area contributed by atoms with Crippen LogP contribution in [-0.4, -0.2) is 73.5 Å². The number of nitrogens with one attached hydrogen (secondary N) is 2. The zero-order chi connectivity index (χ0) is 22.2. The number of nitrogens with zero attached hydrogens (tertiary/aromatic N) is 2. The van der Waals surface area contributed by atoms with E-state index in [-0.39, 0.29) is 18.7 Å². The number of carbonyl (C=O) groups is 4. The number of hydrogen-bond donors (Lipinski definition) is 2. The van der Waals surface area contributed by atoms with E-state index < -0.39 is 23.8 Å². The van der Waals surface area contributed by atoms with Gasteiger partial charge >= 0.3 is 0 Å². The second-order valence-electron chi connectivity index (χ2n) is 9.06. The molecule has 4 heterocycles. The van der Waals surface area contributed by atoms with Crippen LogP contribution in [0.25, 0.3) is 0 Å². The van der Waals surface area contributed by atoms with E-state index in [1.54, 1.807) is 12.1 Å². The number of imide groups is 2. The summed E-state index contributed by atoms with van der Waals surface area (Å²) in [6, 6.07) is 4.38. The Balaban J connectivity index is 1.23. The van der Waals surface area contributed by atoms with Gasteiger partial charge in [-0.3, -0.25) is 29.4 Å². The van der Waals surface area contributed by atoms with Crippen molar-refractivity contribution in [3.63, 3.8) is 0 Å². The van der Waals surface area contributed by atoms with Gasteiger partial charge in [-0.2, -0.15) is 0 Å². The number of piperidine rings is 2. The maximum atomic E-state index is 13.0. The molecule has 0 radical (unpaired) electrons. The van der Waals surface area contributed by atoms with Crippen molar-refractivity contribution in [3.05, 3.63) is 29.3 Å². The molecule has 3 fully saturated rings. The van der Waals surface area contributed by atoms with Gasteiger partial charge in [0.15, 0.2) is 0 Å². The van der Waals surface area contributed by atoms with Crippen molar-refractivity contribution in [1.82, 2.24) is 15.5 Å². The Morgan fingerprint density at radius 1 is 0.969 bits per heavy atom. The van der Waals surface area contributed by atoms with E-state index in [0.29, 0.717) is 23.1 Å². The molecule has 2 N–H and O–H groups in total. The molecule has 9 heteroatoms. The Morgan fingerprint density at radius 2 is 1.75 bits per heavy atom. The highest BCUT2D eigenvalue weighted by Gasteiger charge is 2.44. The van der Waals surface area contributed by atoms with Crippen LogP contribution in [0.15, 0.2) is 18.2 Å². The minimum absolute atomic E-state index is 0.116. The standard InChI is InChI=1S/C23H28N4O5/c28-20-4-3-19(21(29)25-20)27-22(30)17-2-1-15(11-18(17)23(27)31)26-9-6-14(7-10-26)13-32-16-5-8-24-12-16/h1-2,11,14,16,19,24H,3-10,12-13H2,(H,25,28,29). The number of anilines is 1. The summed E-state index contributed by atoms with van der Waals surface area (Å²) in [5.41, 5.74) is 1.56. The number of ether oxygens (including phenoxy) is 1. The Hall–Kier alpha value is -2.78. The molecule has 0 aromatic heterocycles. The summed E-state index contributed by atoms with van der Waals surface area (Å²) >= 11 is 0. The molecule has 0 saturated carbocycles. The average molecular weight is 441 g/mol. The zero-order valence-electron chi connectivity index (χ0n) is 18.0. The van der Waals surface area contributed by atoms with Gasteiger partial charge in [0, 0.05) is 38.3 Å². The number of rotatable bonds is 5. The molecule has 4 aliphatic rings. The van der Waals surface area contributed by atoms with Gasteiger partial charge in [-0.25, -0.2) is 0 Å². The van der Waals surface area contributed by atoms with Gasteiger partial charge < -0.3 is 15.0 Å². The number of hydrogen-bond acceptors (Lipinski definition) is 7. The lowest BCUT2D eigenvalue weighted by Crippen LogP contribution is -2.54. The molecule has 9 nitrogen and oxygen atoms in total. The van der Waals surface area contributed by atoms with Crippen molar-refractivity contribution in [1.29, 1.82) is 0 Å². The van der Waals surface area contributed by atoms with Crippen LogP contribution in [0.2, 0.25) is 0 Å². The lowest BCUT2D eigenvalue weighted by atomic mass is 9.97. The molecule has 1 aromatic carbocycles. The van der Waals surface area contributed by atoms with Gasteiger partial charge in [0.05, 0.1) is 17.2 Å². The molecule has 4 aliphatic heterocycles. The topological polar surface area (TPSA) is 108 Å². The van der Waals surface area contributed by atoms with Crippen LogP contribution in [-0.2, 0) is 14.3 Å². The molecule has 4 amide bonds. The van der Waals surface area contributed by atoms with E-state index in [2.05, 4.69) is 15.5 Å². The summed E-state index contributed by atoms with van der Waals surface area (Å²) < 4.78 is 6.03. The van der Waals surface area contributed by atoms with E-state index in [9.17, 15) is 19.2 Å². The summed E-state index contributed by atoms with van der Waals surface area (Å²) in [5.74, 6) is -1.36. The molecule has 1 aromatic rings. The van der Waals surface area contributed by atoms with Crippen molar-refractivity contribution in [2.45, 2.75) is 44.2 Å². The summed E-state index contributed by atoms with van der Waals surface area (Å²) in [7, 11) is 0. The van der Waals surface area contributed by atoms with Gasteiger partial charge in [0.25, 0.3) is 11.8 Å². The second-order valence-corrected chi connectivity index (χ2v) is 9.06. The SMILES string of the molecule is O=C1CCC(N2C(=O)c3ccc(N4CCC(COC5CCNC5)CC4)cc3C2=O)C(=O)N1. The first-order valence-electron chi connectivity index (χ1n) is 11.4. The van der Waals surface area contributed by atoms with Crippen molar-refractivity contribution in [2.75, 3.05) is 37.7 Å². The minimum Gasteiger partial charge on any atom is -0.377 e. The Labute approximate surface area is 186 Å². The predicted molar refractivity (Wildman–Crippen MR) is 115 cm³/mol. The molecule has 170 valence electrons. The first kappa shape index (κ1) is 21.1.